The highest BCUT2D eigenvalue weighted by Crippen LogP contribution is 2.51. The lowest BCUT2D eigenvalue weighted by Crippen LogP contribution is -2.48. The van der Waals surface area contributed by atoms with E-state index in [1.807, 2.05) is 0 Å². The van der Waals surface area contributed by atoms with Crippen molar-refractivity contribution in [2.24, 2.45) is 17.3 Å². The third kappa shape index (κ3) is 4.70. The largest absolute Gasteiger partial charge is 0.468 e. The van der Waals surface area contributed by atoms with Gasteiger partial charge in [0.25, 0.3) is 0 Å². The van der Waals surface area contributed by atoms with Crippen LogP contribution in [0.15, 0.2) is 23.3 Å². The normalized spacial score (nSPS) is 23.4. The summed E-state index contributed by atoms with van der Waals surface area (Å²) in [6.07, 6.45) is 6.09. The molecule has 1 fully saturated rings. The second-order valence-corrected chi connectivity index (χ2v) is 15.8. The molecule has 0 aliphatic heterocycles. The number of carbonyl (C=O) groups excluding carboxylic acids is 2. The predicted octanol–water partition coefficient (Wildman–Crippen LogP) is 5.81. The molecule has 0 aromatic carbocycles. The van der Waals surface area contributed by atoms with Gasteiger partial charge in [-0.1, -0.05) is 64.8 Å². The Morgan fingerprint density at radius 1 is 1.00 bits per heavy atom. The molecular weight excluding hydrogens is 408 g/mol. The van der Waals surface area contributed by atoms with Crippen LogP contribution in [0.25, 0.3) is 0 Å². The number of ether oxygens (including phenoxy) is 2. The Kier molecular flexibility index (Phi) is 8.37. The molecule has 0 bridgehead atoms. The van der Waals surface area contributed by atoms with Gasteiger partial charge in [-0.25, -0.2) is 0 Å². The van der Waals surface area contributed by atoms with Gasteiger partial charge in [0.15, 0.2) is 13.7 Å². The van der Waals surface area contributed by atoms with Crippen LogP contribution in [0.1, 0.15) is 67.7 Å². The topological polar surface area (TPSA) is 61.8 Å². The van der Waals surface area contributed by atoms with Crippen LogP contribution in [0.5, 0.6) is 0 Å². The number of hydrogen-bond donors (Lipinski definition) is 0. The van der Waals surface area contributed by atoms with E-state index in [-0.39, 0.29) is 5.92 Å². The second kappa shape index (κ2) is 10.0. The van der Waals surface area contributed by atoms with Crippen molar-refractivity contribution >= 4 is 20.3 Å². The molecule has 5 nitrogen and oxygen atoms in total. The van der Waals surface area contributed by atoms with Crippen molar-refractivity contribution in [3.05, 3.63) is 23.3 Å². The summed E-state index contributed by atoms with van der Waals surface area (Å²) >= 11 is 0. The molecule has 0 heterocycles. The van der Waals surface area contributed by atoms with Gasteiger partial charge in [-0.05, 0) is 48.7 Å². The van der Waals surface area contributed by atoms with E-state index in [1.165, 1.54) is 25.4 Å². The fourth-order valence-corrected chi connectivity index (χ4v) is 11.7. The van der Waals surface area contributed by atoms with E-state index in [1.54, 1.807) is 0 Å². The maximum atomic E-state index is 12.6. The summed E-state index contributed by atoms with van der Waals surface area (Å²) in [5, 5.41) is 0. The minimum atomic E-state index is -1.91. The first-order valence-corrected chi connectivity index (χ1v) is 13.8. The summed E-state index contributed by atoms with van der Waals surface area (Å²) in [6, 6.07) is 0. The molecule has 0 aromatic rings. The van der Waals surface area contributed by atoms with Crippen LogP contribution in [-0.4, -0.2) is 41.1 Å². The van der Waals surface area contributed by atoms with Crippen LogP contribution < -0.4 is 0 Å². The van der Waals surface area contributed by atoms with E-state index in [4.69, 9.17) is 13.9 Å². The Hall–Kier alpha value is -1.40. The molecular formula is C25H42O5Si. The van der Waals surface area contributed by atoms with Gasteiger partial charge < -0.3 is 13.9 Å². The first-order valence-electron chi connectivity index (χ1n) is 11.6. The molecule has 0 saturated heterocycles. The van der Waals surface area contributed by atoms with Crippen molar-refractivity contribution < 1.29 is 23.5 Å². The van der Waals surface area contributed by atoms with Crippen molar-refractivity contribution in [3.63, 3.8) is 0 Å². The Balaban J connectivity index is 2.24. The van der Waals surface area contributed by atoms with Crippen LogP contribution in [0.2, 0.25) is 16.6 Å². The third-order valence-corrected chi connectivity index (χ3v) is 13.7. The lowest BCUT2D eigenvalue weighted by atomic mass is 9.84. The van der Waals surface area contributed by atoms with E-state index < -0.39 is 25.7 Å². The van der Waals surface area contributed by atoms with Crippen LogP contribution in [0.4, 0.5) is 0 Å². The fourth-order valence-electron chi connectivity index (χ4n) is 6.21. The van der Waals surface area contributed by atoms with Gasteiger partial charge >= 0.3 is 11.9 Å². The van der Waals surface area contributed by atoms with E-state index in [9.17, 15) is 9.59 Å². The zero-order valence-electron chi connectivity index (χ0n) is 20.9. The van der Waals surface area contributed by atoms with Crippen LogP contribution in [-0.2, 0) is 23.5 Å². The monoisotopic (exact) mass is 450 g/mol. The quantitative estimate of drug-likeness (QED) is 0.202. The lowest BCUT2D eigenvalue weighted by molar-refractivity contribution is -0.168. The highest BCUT2D eigenvalue weighted by Gasteiger charge is 2.55. The van der Waals surface area contributed by atoms with E-state index in [0.29, 0.717) is 35.4 Å². The molecule has 0 spiro atoms. The summed E-state index contributed by atoms with van der Waals surface area (Å²) in [5.74, 6) is -0.623. The van der Waals surface area contributed by atoms with Crippen LogP contribution in [0, 0.1) is 17.3 Å². The molecule has 2 aliphatic carbocycles. The van der Waals surface area contributed by atoms with Crippen molar-refractivity contribution in [3.8, 4) is 0 Å². The first-order chi connectivity index (χ1) is 14.5. The SMILES string of the molecule is COC(=O)C1(C(=O)OC)CC2=C(C)C[C@H](CO[Si](C(C)C)(C(C)C)C(C)C)C=C[C@@H]2C1. The van der Waals surface area contributed by atoms with Crippen molar-refractivity contribution in [1.82, 2.24) is 0 Å². The third-order valence-electron chi connectivity index (χ3n) is 7.65. The summed E-state index contributed by atoms with van der Waals surface area (Å²) in [6.45, 7) is 16.7. The molecule has 0 unspecified atom stereocenters. The zero-order chi connectivity index (χ0) is 23.6. The van der Waals surface area contributed by atoms with Gasteiger partial charge in [0, 0.05) is 12.5 Å². The zero-order valence-corrected chi connectivity index (χ0v) is 21.9. The summed E-state index contributed by atoms with van der Waals surface area (Å²) in [7, 11) is 0.753. The highest BCUT2D eigenvalue weighted by atomic mass is 28.4. The second-order valence-electron chi connectivity index (χ2n) is 10.3. The summed E-state index contributed by atoms with van der Waals surface area (Å²) < 4.78 is 16.8. The number of hydrogen-bond acceptors (Lipinski definition) is 5. The van der Waals surface area contributed by atoms with Gasteiger partial charge in [-0.15, -0.1) is 0 Å². The maximum absolute atomic E-state index is 12.6. The first kappa shape index (κ1) is 25.9. The summed E-state index contributed by atoms with van der Waals surface area (Å²) in [4.78, 5) is 25.1. The van der Waals surface area contributed by atoms with Gasteiger partial charge in [-0.3, -0.25) is 9.59 Å². The highest BCUT2D eigenvalue weighted by molar-refractivity contribution is 6.77. The molecule has 31 heavy (non-hydrogen) atoms. The molecule has 0 aromatic heterocycles. The van der Waals surface area contributed by atoms with Crippen molar-refractivity contribution in [2.75, 3.05) is 20.8 Å². The minimum absolute atomic E-state index is 0.0606. The van der Waals surface area contributed by atoms with Crippen LogP contribution >= 0.6 is 0 Å². The molecule has 0 N–H and O–H groups in total. The molecule has 6 heteroatoms. The Morgan fingerprint density at radius 3 is 1.97 bits per heavy atom. The molecule has 176 valence electrons. The van der Waals surface area contributed by atoms with Crippen molar-refractivity contribution in [1.29, 1.82) is 0 Å². The standard InChI is InChI=1S/C25H42O5Si/c1-16(2)31(17(3)4,18(5)6)30-15-20-10-11-21-13-25(23(26)28-8,24(27)29-9)14-22(21)19(7)12-20/h10-11,16-18,20-21H,12-15H2,1-9H3/t20-,21-/m1/s1. The average molecular weight is 451 g/mol. The number of methoxy groups -OCH3 is 2. The van der Waals surface area contributed by atoms with E-state index in [2.05, 4.69) is 60.6 Å². The Morgan fingerprint density at radius 2 is 1.52 bits per heavy atom. The summed E-state index contributed by atoms with van der Waals surface area (Å²) in [5.41, 5.74) is 2.87. The van der Waals surface area contributed by atoms with E-state index in [0.717, 1.165) is 13.0 Å². The molecule has 1 saturated carbocycles. The number of rotatable bonds is 8. The van der Waals surface area contributed by atoms with E-state index >= 15 is 0 Å². The molecule has 0 radical (unpaired) electrons. The molecule has 0 amide bonds. The van der Waals surface area contributed by atoms with Gasteiger partial charge in [-0.2, -0.15) is 0 Å². The van der Waals surface area contributed by atoms with Crippen molar-refractivity contribution in [2.45, 2.75) is 84.4 Å². The average Bonchev–Trinajstić information content (AvgIpc) is 3.04. The van der Waals surface area contributed by atoms with Gasteiger partial charge in [0.2, 0.25) is 0 Å². The number of allylic oxidation sites excluding steroid dienone is 3. The van der Waals surface area contributed by atoms with Crippen LogP contribution in [0.3, 0.4) is 0 Å². The fraction of sp³-hybridized carbons (Fsp3) is 0.760. The molecule has 2 atom stereocenters. The number of fused-ring (bicyclic) bond motifs is 1. The Bertz CT molecular complexity index is 696. The molecule has 2 aliphatic rings. The minimum Gasteiger partial charge on any atom is -0.468 e. The number of carbonyl (C=O) groups is 2. The smallest absolute Gasteiger partial charge is 0.323 e. The Labute approximate surface area is 189 Å². The number of esters is 2. The predicted molar refractivity (Wildman–Crippen MR) is 126 cm³/mol. The maximum Gasteiger partial charge on any atom is 0.323 e. The molecule has 2 rings (SSSR count). The lowest BCUT2D eigenvalue weighted by Gasteiger charge is -2.42. The van der Waals surface area contributed by atoms with Gasteiger partial charge in [0.1, 0.15) is 0 Å². The van der Waals surface area contributed by atoms with Gasteiger partial charge in [0.05, 0.1) is 14.2 Å².